The number of nitrogens with zero attached hydrogens (tertiary/aromatic N) is 3. The number of amides is 1. The molecule has 1 amide bonds. The first-order valence-electron chi connectivity index (χ1n) is 11.1. The summed E-state index contributed by atoms with van der Waals surface area (Å²) in [5, 5.41) is 0.830. The zero-order valence-electron chi connectivity index (χ0n) is 19.5. The smallest absolute Gasteiger partial charge is 0.228 e. The lowest BCUT2D eigenvalue weighted by molar-refractivity contribution is -0.118. The molecule has 1 heterocycles. The first-order valence-corrected chi connectivity index (χ1v) is 12.9. The number of thioether (sulfide) groups is 1. The van der Waals surface area contributed by atoms with E-state index in [1.165, 1.54) is 16.0 Å². The van der Waals surface area contributed by atoms with Crippen LogP contribution in [-0.2, 0) is 4.79 Å². The Morgan fingerprint density at radius 3 is 2.44 bits per heavy atom. The monoisotopic (exact) mass is 491 g/mol. The average molecular weight is 492 g/mol. The van der Waals surface area contributed by atoms with Gasteiger partial charge in [0.1, 0.15) is 0 Å². The molecule has 0 aliphatic rings. The van der Waals surface area contributed by atoms with Gasteiger partial charge < -0.3 is 4.90 Å². The minimum absolute atomic E-state index is 0. The molecule has 7 heteroatoms. The van der Waals surface area contributed by atoms with Gasteiger partial charge in [-0.3, -0.25) is 9.69 Å². The zero-order chi connectivity index (χ0) is 22.2. The summed E-state index contributed by atoms with van der Waals surface area (Å²) in [6, 6.07) is 14.6. The van der Waals surface area contributed by atoms with Gasteiger partial charge in [-0.25, -0.2) is 4.98 Å². The van der Waals surface area contributed by atoms with Crippen molar-refractivity contribution in [1.82, 2.24) is 9.88 Å². The van der Waals surface area contributed by atoms with Gasteiger partial charge in [0, 0.05) is 24.4 Å². The zero-order valence-corrected chi connectivity index (χ0v) is 21.9. The largest absolute Gasteiger partial charge is 0.302 e. The highest BCUT2D eigenvalue weighted by atomic mass is 35.5. The van der Waals surface area contributed by atoms with Crippen molar-refractivity contribution < 1.29 is 4.79 Å². The van der Waals surface area contributed by atoms with Gasteiger partial charge in [0.15, 0.2) is 5.13 Å². The second kappa shape index (κ2) is 13.2. The number of hydrogen-bond donors (Lipinski definition) is 0. The van der Waals surface area contributed by atoms with Gasteiger partial charge in [0.2, 0.25) is 5.91 Å². The number of anilines is 1. The molecule has 0 radical (unpaired) electrons. The van der Waals surface area contributed by atoms with Gasteiger partial charge in [-0.1, -0.05) is 49.4 Å². The Bertz CT molecular complexity index is 990. The first-order chi connectivity index (χ1) is 15.0. The molecule has 4 nitrogen and oxygen atoms in total. The number of hydrogen-bond acceptors (Lipinski definition) is 5. The highest BCUT2D eigenvalue weighted by Crippen LogP contribution is 2.32. The van der Waals surface area contributed by atoms with Crippen LogP contribution in [0.3, 0.4) is 0 Å². The second-order valence-electron chi connectivity index (χ2n) is 7.69. The van der Waals surface area contributed by atoms with Gasteiger partial charge in [-0.15, -0.1) is 24.2 Å². The van der Waals surface area contributed by atoms with E-state index in [4.69, 9.17) is 4.98 Å². The molecule has 3 rings (SSSR count). The number of aromatic nitrogens is 1. The van der Waals surface area contributed by atoms with Gasteiger partial charge in [0.05, 0.1) is 10.2 Å². The molecule has 0 saturated heterocycles. The van der Waals surface area contributed by atoms with E-state index in [1.54, 1.807) is 11.3 Å². The molecule has 0 unspecified atom stereocenters. The van der Waals surface area contributed by atoms with Crippen molar-refractivity contribution >= 4 is 56.8 Å². The van der Waals surface area contributed by atoms with Crippen molar-refractivity contribution in [1.29, 1.82) is 0 Å². The lowest BCUT2D eigenvalue weighted by Crippen LogP contribution is -2.38. The number of rotatable bonds is 11. The molecule has 0 fully saturated rings. The maximum atomic E-state index is 13.2. The van der Waals surface area contributed by atoms with Gasteiger partial charge >= 0.3 is 0 Å². The Morgan fingerprint density at radius 2 is 1.75 bits per heavy atom. The third-order valence-electron chi connectivity index (χ3n) is 5.69. The topological polar surface area (TPSA) is 36.4 Å². The Hall–Kier alpha value is -1.60. The normalized spacial score (nSPS) is 11.0. The minimum atomic E-state index is 0. The van der Waals surface area contributed by atoms with Crippen molar-refractivity contribution in [3.05, 3.63) is 53.6 Å². The number of benzene rings is 2. The van der Waals surface area contributed by atoms with Crippen LogP contribution in [0.2, 0.25) is 0 Å². The summed E-state index contributed by atoms with van der Waals surface area (Å²) in [5.74, 6) is 1.12. The van der Waals surface area contributed by atoms with Crippen molar-refractivity contribution in [2.75, 3.05) is 36.8 Å². The molecule has 0 aliphatic heterocycles. The Morgan fingerprint density at radius 1 is 1.03 bits per heavy atom. The number of carbonyl (C=O) groups excluding carboxylic acids is 1. The van der Waals surface area contributed by atoms with E-state index >= 15 is 0 Å². The summed E-state index contributed by atoms with van der Waals surface area (Å²) in [7, 11) is 0. The van der Waals surface area contributed by atoms with Gasteiger partial charge in [-0.05, 0) is 68.4 Å². The SMILES string of the molecule is CCN(CC)CCN(C(=O)CCCSc1ccccc1)c1nc2c(C)c(C)ccc2s1.Cl. The summed E-state index contributed by atoms with van der Waals surface area (Å²) < 4.78 is 1.15. The standard InChI is InChI=1S/C25H33N3OS2.ClH/c1-5-27(6-2)16-17-28(23(29)13-10-18-30-21-11-8-7-9-12-21)25-26-24-20(4)19(3)14-15-22(24)31-25;/h7-9,11-12,14-15H,5-6,10,13,16-18H2,1-4H3;1H. The maximum Gasteiger partial charge on any atom is 0.228 e. The predicted molar refractivity (Wildman–Crippen MR) is 143 cm³/mol. The highest BCUT2D eigenvalue weighted by molar-refractivity contribution is 7.99. The van der Waals surface area contributed by atoms with Crippen molar-refractivity contribution in [3.63, 3.8) is 0 Å². The van der Waals surface area contributed by atoms with E-state index in [2.05, 4.69) is 69.0 Å². The Kier molecular flexibility index (Phi) is 11.0. The van der Waals surface area contributed by atoms with Crippen molar-refractivity contribution in [2.24, 2.45) is 0 Å². The quantitative estimate of drug-likeness (QED) is 0.224. The average Bonchev–Trinajstić information content (AvgIpc) is 3.22. The molecule has 1 aromatic heterocycles. The molecule has 32 heavy (non-hydrogen) atoms. The van der Waals surface area contributed by atoms with Gasteiger partial charge in [0.25, 0.3) is 0 Å². The minimum Gasteiger partial charge on any atom is -0.302 e. The number of thiazole rings is 1. The number of fused-ring (bicyclic) bond motifs is 1. The molecule has 0 N–H and O–H groups in total. The van der Waals surface area contributed by atoms with Crippen LogP contribution in [0, 0.1) is 13.8 Å². The first kappa shape index (κ1) is 26.7. The summed E-state index contributed by atoms with van der Waals surface area (Å²) in [6.07, 6.45) is 1.41. The third kappa shape index (κ3) is 6.95. The second-order valence-corrected chi connectivity index (χ2v) is 9.87. The molecular weight excluding hydrogens is 458 g/mol. The van der Waals surface area contributed by atoms with Crippen LogP contribution in [0.15, 0.2) is 47.4 Å². The highest BCUT2D eigenvalue weighted by Gasteiger charge is 2.21. The van der Waals surface area contributed by atoms with Crippen molar-refractivity contribution in [3.8, 4) is 0 Å². The Labute approximate surface area is 206 Å². The van der Waals surface area contributed by atoms with Crippen molar-refractivity contribution in [2.45, 2.75) is 45.4 Å². The summed E-state index contributed by atoms with van der Waals surface area (Å²) in [4.78, 5) is 23.7. The maximum absolute atomic E-state index is 13.2. The van der Waals surface area contributed by atoms with E-state index in [-0.39, 0.29) is 18.3 Å². The van der Waals surface area contributed by atoms with Crippen LogP contribution in [0.1, 0.15) is 37.8 Å². The van der Waals surface area contributed by atoms with E-state index in [0.29, 0.717) is 13.0 Å². The van der Waals surface area contributed by atoms with E-state index < -0.39 is 0 Å². The molecular formula is C25H34ClN3OS2. The third-order valence-corrected chi connectivity index (χ3v) is 7.83. The fraction of sp³-hybridized carbons (Fsp3) is 0.440. The fourth-order valence-corrected chi connectivity index (χ4v) is 5.45. The molecule has 0 saturated carbocycles. The Balaban J connectivity index is 0.00000363. The number of carbonyl (C=O) groups is 1. The van der Waals surface area contributed by atoms with Crippen LogP contribution < -0.4 is 4.90 Å². The fourth-order valence-electron chi connectivity index (χ4n) is 3.50. The number of likely N-dealkylation sites (N-methyl/N-ethyl adjacent to an activating group) is 1. The summed E-state index contributed by atoms with van der Waals surface area (Å²) >= 11 is 3.44. The molecule has 0 aliphatic carbocycles. The lowest BCUT2D eigenvalue weighted by atomic mass is 10.1. The van der Waals surface area contributed by atoms with Gasteiger partial charge in [-0.2, -0.15) is 0 Å². The van der Waals surface area contributed by atoms with E-state index in [9.17, 15) is 4.79 Å². The molecule has 174 valence electrons. The lowest BCUT2D eigenvalue weighted by Gasteiger charge is -2.24. The molecule has 2 aromatic carbocycles. The van der Waals surface area contributed by atoms with E-state index in [0.717, 1.165) is 47.2 Å². The number of halogens is 1. The summed E-state index contributed by atoms with van der Waals surface area (Å²) in [6.45, 7) is 12.1. The van der Waals surface area contributed by atoms with Crippen LogP contribution in [0.4, 0.5) is 5.13 Å². The molecule has 0 bridgehead atoms. The number of aryl methyl sites for hydroxylation is 2. The predicted octanol–water partition coefficient (Wildman–Crippen LogP) is 6.58. The van der Waals surface area contributed by atoms with E-state index in [1.807, 2.05) is 22.7 Å². The summed E-state index contributed by atoms with van der Waals surface area (Å²) in [5.41, 5.74) is 3.47. The molecule has 3 aromatic rings. The van der Waals surface area contributed by atoms with Crippen LogP contribution in [0.5, 0.6) is 0 Å². The van der Waals surface area contributed by atoms with Crippen LogP contribution >= 0.6 is 35.5 Å². The molecule has 0 spiro atoms. The molecule has 0 atom stereocenters. The van der Waals surface area contributed by atoms with Crippen LogP contribution in [-0.4, -0.2) is 47.7 Å². The van der Waals surface area contributed by atoms with Crippen LogP contribution in [0.25, 0.3) is 10.2 Å².